The van der Waals surface area contributed by atoms with E-state index in [0.29, 0.717) is 10.8 Å². The highest BCUT2D eigenvalue weighted by atomic mass is 35.5. The average molecular weight is 291 g/mol. The summed E-state index contributed by atoms with van der Waals surface area (Å²) in [6, 6.07) is 7.55. The Morgan fingerprint density at radius 2 is 2.40 bits per heavy atom. The van der Waals surface area contributed by atoms with Gasteiger partial charge in [0.2, 0.25) is 5.91 Å². The van der Waals surface area contributed by atoms with Gasteiger partial charge in [-0.2, -0.15) is 5.10 Å². The lowest BCUT2D eigenvalue weighted by atomic mass is 10.1. The third kappa shape index (κ3) is 2.67. The fourth-order valence-electron chi connectivity index (χ4n) is 2.40. The van der Waals surface area contributed by atoms with Gasteiger partial charge in [0.05, 0.1) is 6.04 Å². The summed E-state index contributed by atoms with van der Waals surface area (Å²) < 4.78 is 0. The summed E-state index contributed by atoms with van der Waals surface area (Å²) in [6.07, 6.45) is 2.30. The first-order valence-corrected chi connectivity index (χ1v) is 6.94. The second kappa shape index (κ2) is 5.25. The second-order valence-corrected chi connectivity index (χ2v) is 5.54. The lowest BCUT2D eigenvalue weighted by Gasteiger charge is -2.10. The Balaban J connectivity index is 1.60. The number of carbonyl (C=O) groups excluding carboxylic acids is 1. The fourth-order valence-corrected chi connectivity index (χ4v) is 2.60. The minimum Gasteiger partial charge on any atom is -0.346 e. The van der Waals surface area contributed by atoms with Crippen molar-refractivity contribution >= 4 is 17.5 Å². The van der Waals surface area contributed by atoms with E-state index in [9.17, 15) is 4.79 Å². The van der Waals surface area contributed by atoms with Crippen molar-refractivity contribution in [3.8, 4) is 0 Å². The van der Waals surface area contributed by atoms with Crippen LogP contribution < -0.4 is 5.32 Å². The normalized spacial score (nSPS) is 22.3. The summed E-state index contributed by atoms with van der Waals surface area (Å²) in [5, 5.41) is 10.2. The molecule has 3 rings (SSSR count). The molecule has 1 fully saturated rings. The highest BCUT2D eigenvalue weighted by Gasteiger charge is 2.44. The number of rotatable bonds is 4. The highest BCUT2D eigenvalue weighted by molar-refractivity contribution is 6.30. The summed E-state index contributed by atoms with van der Waals surface area (Å²) in [5.74, 6) is 1.02. The van der Waals surface area contributed by atoms with Crippen LogP contribution in [0.1, 0.15) is 36.7 Å². The van der Waals surface area contributed by atoms with Gasteiger partial charge in [-0.1, -0.05) is 23.7 Å². The van der Waals surface area contributed by atoms with Gasteiger partial charge in [-0.15, -0.1) is 0 Å². The molecule has 104 valence electrons. The minimum absolute atomic E-state index is 0.0267. The Labute approximate surface area is 121 Å². The Morgan fingerprint density at radius 3 is 3.10 bits per heavy atom. The Bertz CT molecular complexity index is 613. The number of halogens is 1. The summed E-state index contributed by atoms with van der Waals surface area (Å²) in [4.78, 5) is 16.2. The number of hydrogen-bond acceptors (Lipinski definition) is 3. The quantitative estimate of drug-likeness (QED) is 0.908. The van der Waals surface area contributed by atoms with Gasteiger partial charge in [0.1, 0.15) is 12.2 Å². The first-order valence-electron chi connectivity index (χ1n) is 6.56. The molecule has 0 saturated heterocycles. The monoisotopic (exact) mass is 290 g/mol. The molecule has 20 heavy (non-hydrogen) atoms. The molecule has 6 heteroatoms. The number of H-pyrrole nitrogens is 1. The third-order valence-corrected chi connectivity index (χ3v) is 3.84. The summed E-state index contributed by atoms with van der Waals surface area (Å²) in [5.41, 5.74) is 1.13. The summed E-state index contributed by atoms with van der Waals surface area (Å²) in [7, 11) is 0. The first-order chi connectivity index (χ1) is 9.65. The molecule has 0 aliphatic heterocycles. The van der Waals surface area contributed by atoms with Gasteiger partial charge in [-0.25, -0.2) is 4.98 Å². The molecule has 1 amide bonds. The smallest absolute Gasteiger partial charge is 0.224 e. The molecule has 1 aliphatic carbocycles. The van der Waals surface area contributed by atoms with Gasteiger partial charge in [0.15, 0.2) is 0 Å². The van der Waals surface area contributed by atoms with Crippen LogP contribution in [-0.2, 0) is 4.79 Å². The molecule has 2 N–H and O–H groups in total. The molecule has 1 heterocycles. The van der Waals surface area contributed by atoms with E-state index in [4.69, 9.17) is 11.6 Å². The molecule has 0 radical (unpaired) electrons. The number of nitrogens with one attached hydrogen (secondary N) is 2. The van der Waals surface area contributed by atoms with E-state index < -0.39 is 0 Å². The molecule has 5 nitrogen and oxygen atoms in total. The van der Waals surface area contributed by atoms with Gasteiger partial charge >= 0.3 is 0 Å². The van der Waals surface area contributed by atoms with E-state index in [1.54, 1.807) is 0 Å². The summed E-state index contributed by atoms with van der Waals surface area (Å²) >= 11 is 5.98. The molecule has 0 spiro atoms. The largest absolute Gasteiger partial charge is 0.346 e. The van der Waals surface area contributed by atoms with Crippen molar-refractivity contribution in [3.63, 3.8) is 0 Å². The Kier molecular flexibility index (Phi) is 3.44. The van der Waals surface area contributed by atoms with Crippen LogP contribution in [0.25, 0.3) is 0 Å². The number of benzene rings is 1. The lowest BCUT2D eigenvalue weighted by molar-refractivity contribution is -0.123. The van der Waals surface area contributed by atoms with E-state index in [2.05, 4.69) is 20.5 Å². The number of amides is 1. The lowest BCUT2D eigenvalue weighted by Crippen LogP contribution is -2.29. The molecule has 1 saturated carbocycles. The van der Waals surface area contributed by atoms with Crippen LogP contribution in [0, 0.1) is 5.92 Å². The fraction of sp³-hybridized carbons (Fsp3) is 0.357. The van der Waals surface area contributed by atoms with E-state index in [1.807, 2.05) is 31.2 Å². The van der Waals surface area contributed by atoms with Crippen LogP contribution in [0.3, 0.4) is 0 Å². The van der Waals surface area contributed by atoms with Crippen LogP contribution in [-0.4, -0.2) is 21.1 Å². The van der Waals surface area contributed by atoms with E-state index in [0.717, 1.165) is 12.0 Å². The molecule has 1 unspecified atom stereocenters. The van der Waals surface area contributed by atoms with Crippen LogP contribution in [0.15, 0.2) is 30.6 Å². The van der Waals surface area contributed by atoms with E-state index in [1.165, 1.54) is 6.33 Å². The van der Waals surface area contributed by atoms with Gasteiger partial charge in [-0.3, -0.25) is 9.89 Å². The van der Waals surface area contributed by atoms with Crippen molar-refractivity contribution in [2.75, 3.05) is 0 Å². The molecule has 2 aromatic rings. The molecular formula is C14H15ClN4O. The SMILES string of the molecule is CC(NC(=O)[C@H]1C[C@@H]1c1cccc(Cl)c1)c1ncn[nH]1. The van der Waals surface area contributed by atoms with E-state index >= 15 is 0 Å². The van der Waals surface area contributed by atoms with Gasteiger partial charge in [0, 0.05) is 10.9 Å². The second-order valence-electron chi connectivity index (χ2n) is 5.10. The zero-order valence-electron chi connectivity index (χ0n) is 11.0. The maximum atomic E-state index is 12.2. The topological polar surface area (TPSA) is 70.7 Å². The Hall–Kier alpha value is -1.88. The maximum absolute atomic E-state index is 12.2. The third-order valence-electron chi connectivity index (χ3n) is 3.61. The van der Waals surface area contributed by atoms with Gasteiger partial charge in [0.25, 0.3) is 0 Å². The molecular weight excluding hydrogens is 276 g/mol. The van der Waals surface area contributed by atoms with Crippen LogP contribution in [0.4, 0.5) is 0 Å². The standard InChI is InChI=1S/C14H15ClN4O/c1-8(13-16-7-17-19-13)18-14(20)12-6-11(12)9-3-2-4-10(15)5-9/h2-5,7-8,11-12H,6H2,1H3,(H,18,20)(H,16,17,19)/t8?,11-,12+/m1/s1. The number of nitrogens with zero attached hydrogens (tertiary/aromatic N) is 2. The van der Waals surface area contributed by atoms with Crippen LogP contribution in [0.5, 0.6) is 0 Å². The number of carbonyl (C=O) groups is 1. The van der Waals surface area contributed by atoms with E-state index in [-0.39, 0.29) is 23.8 Å². The Morgan fingerprint density at radius 1 is 1.55 bits per heavy atom. The molecule has 1 aliphatic rings. The van der Waals surface area contributed by atoms with Crippen LogP contribution in [0.2, 0.25) is 5.02 Å². The molecule has 0 bridgehead atoms. The van der Waals surface area contributed by atoms with Crippen LogP contribution >= 0.6 is 11.6 Å². The molecule has 1 aromatic carbocycles. The average Bonchev–Trinajstić information content (AvgIpc) is 3.04. The number of hydrogen-bond donors (Lipinski definition) is 2. The van der Waals surface area contributed by atoms with Crippen molar-refractivity contribution < 1.29 is 4.79 Å². The first kappa shape index (κ1) is 13.1. The molecule has 3 atom stereocenters. The summed E-state index contributed by atoms with van der Waals surface area (Å²) in [6.45, 7) is 1.88. The highest BCUT2D eigenvalue weighted by Crippen LogP contribution is 2.48. The van der Waals surface area contributed by atoms with Gasteiger partial charge < -0.3 is 5.32 Å². The van der Waals surface area contributed by atoms with Crippen molar-refractivity contribution in [2.24, 2.45) is 5.92 Å². The van der Waals surface area contributed by atoms with Gasteiger partial charge in [-0.05, 0) is 37.0 Å². The zero-order chi connectivity index (χ0) is 14.1. The molecule has 1 aromatic heterocycles. The predicted octanol–water partition coefficient (Wildman–Crippen LogP) is 2.44. The van der Waals surface area contributed by atoms with Crippen molar-refractivity contribution in [3.05, 3.63) is 47.0 Å². The predicted molar refractivity (Wildman–Crippen MR) is 75.2 cm³/mol. The maximum Gasteiger partial charge on any atom is 0.224 e. The van der Waals surface area contributed by atoms with Crippen molar-refractivity contribution in [2.45, 2.75) is 25.3 Å². The number of aromatic nitrogens is 3. The van der Waals surface area contributed by atoms with Crippen molar-refractivity contribution in [1.29, 1.82) is 0 Å². The zero-order valence-corrected chi connectivity index (χ0v) is 11.8. The van der Waals surface area contributed by atoms with Crippen molar-refractivity contribution in [1.82, 2.24) is 20.5 Å². The number of aromatic amines is 1. The minimum atomic E-state index is -0.161.